The van der Waals surface area contributed by atoms with Crippen LogP contribution in [0.1, 0.15) is 50.8 Å². The molecule has 0 fully saturated rings. The number of fused-ring (bicyclic) bond motifs is 1. The number of unbranched alkanes of at least 4 members (excludes halogenated alkanes) is 1. The molecule has 33 heavy (non-hydrogen) atoms. The van der Waals surface area contributed by atoms with E-state index >= 15 is 0 Å². The summed E-state index contributed by atoms with van der Waals surface area (Å²) >= 11 is 0. The van der Waals surface area contributed by atoms with Crippen LogP contribution in [0.5, 0.6) is 0 Å². The van der Waals surface area contributed by atoms with Crippen LogP contribution in [0.15, 0.2) is 48.5 Å². The van der Waals surface area contributed by atoms with Gasteiger partial charge in [-0.3, -0.25) is 14.5 Å². The fourth-order valence-electron chi connectivity index (χ4n) is 3.33. The zero-order valence-electron chi connectivity index (χ0n) is 18.9. The van der Waals surface area contributed by atoms with Crippen LogP contribution in [0.2, 0.25) is 0 Å². The average molecular weight is 455 g/mol. The maximum Gasteiger partial charge on any atom is 0.338 e. The summed E-state index contributed by atoms with van der Waals surface area (Å²) in [7, 11) is 0. The third kappa shape index (κ3) is 6.87. The normalized spacial score (nSPS) is 12.7. The Hall–Kier alpha value is -3.23. The second kappa shape index (κ2) is 12.7. The number of hydrogen-bond donors (Lipinski definition) is 1. The van der Waals surface area contributed by atoms with Crippen molar-refractivity contribution in [2.24, 2.45) is 0 Å². The van der Waals surface area contributed by atoms with Gasteiger partial charge >= 0.3 is 5.97 Å². The van der Waals surface area contributed by atoms with E-state index in [1.54, 1.807) is 36.4 Å². The maximum absolute atomic E-state index is 12.3. The van der Waals surface area contributed by atoms with Gasteiger partial charge in [0, 0.05) is 12.2 Å². The molecule has 176 valence electrons. The second-order valence-electron chi connectivity index (χ2n) is 7.53. The summed E-state index contributed by atoms with van der Waals surface area (Å²) in [5.74, 6) is -0.977. The van der Waals surface area contributed by atoms with E-state index in [0.717, 1.165) is 25.1 Å². The lowest BCUT2D eigenvalue weighted by Gasteiger charge is -2.13. The zero-order valence-corrected chi connectivity index (χ0v) is 18.9. The molecule has 0 saturated carbocycles. The highest BCUT2D eigenvalue weighted by Gasteiger charge is 2.34. The summed E-state index contributed by atoms with van der Waals surface area (Å²) in [6, 6.07) is 14.0. The molecule has 8 nitrogen and oxygen atoms in total. The zero-order chi connectivity index (χ0) is 23.5. The number of benzene rings is 2. The average Bonchev–Trinajstić information content (AvgIpc) is 3.08. The highest BCUT2D eigenvalue weighted by atomic mass is 16.6. The van der Waals surface area contributed by atoms with E-state index in [1.807, 2.05) is 12.1 Å². The monoisotopic (exact) mass is 454 g/mol. The number of carbonyl (C=O) groups is 3. The van der Waals surface area contributed by atoms with Gasteiger partial charge in [-0.05, 0) is 42.8 Å². The Morgan fingerprint density at radius 3 is 2.09 bits per heavy atom. The predicted octanol–water partition coefficient (Wildman–Crippen LogP) is 3.38. The molecule has 1 aliphatic rings. The van der Waals surface area contributed by atoms with Crippen LogP contribution >= 0.6 is 0 Å². The van der Waals surface area contributed by atoms with Gasteiger partial charge in [-0.15, -0.1) is 0 Å². The van der Waals surface area contributed by atoms with Crippen LogP contribution in [0.3, 0.4) is 0 Å². The third-order valence-electron chi connectivity index (χ3n) is 5.15. The number of carbonyl (C=O) groups excluding carboxylic acids is 3. The first-order valence-electron chi connectivity index (χ1n) is 11.2. The number of rotatable bonds is 14. The molecule has 1 N–H and O–H groups in total. The number of anilines is 1. The van der Waals surface area contributed by atoms with Crippen LogP contribution in [0.4, 0.5) is 5.69 Å². The van der Waals surface area contributed by atoms with Crippen molar-refractivity contribution in [3.8, 4) is 0 Å². The molecule has 2 amide bonds. The first kappa shape index (κ1) is 24.4. The van der Waals surface area contributed by atoms with Gasteiger partial charge < -0.3 is 19.5 Å². The minimum absolute atomic E-state index is 0.143. The Balaban J connectivity index is 1.22. The number of hydrogen-bond acceptors (Lipinski definition) is 7. The minimum atomic E-state index is -0.393. The second-order valence-corrected chi connectivity index (χ2v) is 7.53. The van der Waals surface area contributed by atoms with Crippen molar-refractivity contribution in [2.75, 3.05) is 51.4 Å². The van der Waals surface area contributed by atoms with Gasteiger partial charge in [0.15, 0.2) is 0 Å². The van der Waals surface area contributed by atoms with E-state index < -0.39 is 5.97 Å². The summed E-state index contributed by atoms with van der Waals surface area (Å²) < 4.78 is 16.1. The molecular formula is C25H30N2O6. The Morgan fingerprint density at radius 2 is 1.45 bits per heavy atom. The SMILES string of the molecule is CCCCNc1ccc(C(=O)OCCOCCOCCN2C(=O)c3ccccc3C2=O)cc1. The molecule has 0 saturated heterocycles. The van der Waals surface area contributed by atoms with Crippen molar-refractivity contribution in [3.63, 3.8) is 0 Å². The first-order chi connectivity index (χ1) is 16.1. The van der Waals surface area contributed by atoms with Crippen LogP contribution in [0, 0.1) is 0 Å². The van der Waals surface area contributed by atoms with E-state index in [0.29, 0.717) is 29.9 Å². The summed E-state index contributed by atoms with van der Waals surface area (Å²) in [4.78, 5) is 37.8. The van der Waals surface area contributed by atoms with Gasteiger partial charge in [0.1, 0.15) is 6.61 Å². The van der Waals surface area contributed by atoms with Crippen LogP contribution in [-0.2, 0) is 14.2 Å². The van der Waals surface area contributed by atoms with Gasteiger partial charge in [-0.25, -0.2) is 4.79 Å². The summed E-state index contributed by atoms with van der Waals surface area (Å²) in [6.07, 6.45) is 2.23. The van der Waals surface area contributed by atoms with Crippen LogP contribution in [-0.4, -0.2) is 68.8 Å². The van der Waals surface area contributed by atoms with Crippen molar-refractivity contribution in [1.82, 2.24) is 4.90 Å². The lowest BCUT2D eigenvalue weighted by atomic mass is 10.1. The van der Waals surface area contributed by atoms with Crippen molar-refractivity contribution >= 4 is 23.5 Å². The Morgan fingerprint density at radius 1 is 0.848 bits per heavy atom. The molecule has 0 aromatic heterocycles. The summed E-state index contributed by atoms with van der Waals surface area (Å²) in [6.45, 7) is 4.49. The van der Waals surface area contributed by atoms with Crippen molar-refractivity contribution in [1.29, 1.82) is 0 Å². The number of nitrogens with one attached hydrogen (secondary N) is 1. The molecule has 0 atom stereocenters. The fraction of sp³-hybridized carbons (Fsp3) is 0.400. The van der Waals surface area contributed by atoms with Gasteiger partial charge in [0.2, 0.25) is 0 Å². The minimum Gasteiger partial charge on any atom is -0.460 e. The molecular weight excluding hydrogens is 424 g/mol. The van der Waals surface area contributed by atoms with Crippen LogP contribution < -0.4 is 5.32 Å². The predicted molar refractivity (Wildman–Crippen MR) is 124 cm³/mol. The van der Waals surface area contributed by atoms with E-state index in [9.17, 15) is 14.4 Å². The highest BCUT2D eigenvalue weighted by molar-refractivity contribution is 6.21. The maximum atomic E-state index is 12.3. The summed E-state index contributed by atoms with van der Waals surface area (Å²) in [5.41, 5.74) is 2.33. The van der Waals surface area contributed by atoms with Gasteiger partial charge in [0.05, 0.1) is 49.7 Å². The Bertz CT molecular complexity index is 909. The highest BCUT2D eigenvalue weighted by Crippen LogP contribution is 2.21. The molecule has 8 heteroatoms. The molecule has 0 radical (unpaired) electrons. The number of imide groups is 1. The van der Waals surface area contributed by atoms with Crippen molar-refractivity contribution in [3.05, 3.63) is 65.2 Å². The first-order valence-corrected chi connectivity index (χ1v) is 11.2. The molecule has 3 rings (SSSR count). The molecule has 0 spiro atoms. The standard InChI is InChI=1S/C25H30N2O6/c1-2-3-12-26-20-10-8-19(9-11-20)25(30)33-18-17-32-16-15-31-14-13-27-23(28)21-6-4-5-7-22(21)24(27)29/h4-11,26H,2-3,12-18H2,1H3. The number of nitrogens with zero attached hydrogens (tertiary/aromatic N) is 1. The van der Waals surface area contributed by atoms with Crippen molar-refractivity contribution in [2.45, 2.75) is 19.8 Å². The Labute approximate surface area is 193 Å². The van der Waals surface area contributed by atoms with Gasteiger partial charge in [0.25, 0.3) is 11.8 Å². The third-order valence-corrected chi connectivity index (χ3v) is 5.15. The quantitative estimate of drug-likeness (QED) is 0.266. The van der Waals surface area contributed by atoms with Gasteiger partial charge in [-0.1, -0.05) is 25.5 Å². The molecule has 2 aromatic rings. The van der Waals surface area contributed by atoms with E-state index in [2.05, 4.69) is 12.2 Å². The molecule has 2 aromatic carbocycles. The van der Waals surface area contributed by atoms with E-state index in [-0.39, 0.29) is 38.2 Å². The van der Waals surface area contributed by atoms with Gasteiger partial charge in [-0.2, -0.15) is 0 Å². The smallest absolute Gasteiger partial charge is 0.338 e. The summed E-state index contributed by atoms with van der Waals surface area (Å²) in [5, 5.41) is 3.30. The number of ether oxygens (including phenoxy) is 3. The molecule has 0 bridgehead atoms. The lowest BCUT2D eigenvalue weighted by molar-refractivity contribution is 0.0118. The number of amides is 2. The number of esters is 1. The van der Waals surface area contributed by atoms with E-state index in [1.165, 1.54) is 4.90 Å². The molecule has 0 aliphatic carbocycles. The topological polar surface area (TPSA) is 94.2 Å². The molecule has 1 heterocycles. The molecule has 0 unspecified atom stereocenters. The Kier molecular flexibility index (Phi) is 9.41. The largest absolute Gasteiger partial charge is 0.460 e. The van der Waals surface area contributed by atoms with Crippen LogP contribution in [0.25, 0.3) is 0 Å². The lowest BCUT2D eigenvalue weighted by Crippen LogP contribution is -2.33. The van der Waals surface area contributed by atoms with E-state index in [4.69, 9.17) is 14.2 Å². The fourth-order valence-corrected chi connectivity index (χ4v) is 3.33. The van der Waals surface area contributed by atoms with Crippen molar-refractivity contribution < 1.29 is 28.6 Å². The molecule has 1 aliphatic heterocycles.